The number of amides is 3. The fourth-order valence-corrected chi connectivity index (χ4v) is 6.20. The first-order valence-corrected chi connectivity index (χ1v) is 13.8. The molecule has 2 fully saturated rings. The van der Waals surface area contributed by atoms with Crippen molar-refractivity contribution in [3.05, 3.63) is 59.7 Å². The van der Waals surface area contributed by atoms with Crippen LogP contribution < -0.4 is 15.2 Å². The number of nitrogens with two attached hydrogens (primary N) is 1. The number of likely N-dealkylation sites (tertiary alicyclic amines) is 1. The lowest BCUT2D eigenvalue weighted by Gasteiger charge is -2.41. The Hall–Kier alpha value is -4.08. The van der Waals surface area contributed by atoms with Gasteiger partial charge in [-0.05, 0) is 49.4 Å². The van der Waals surface area contributed by atoms with E-state index >= 15 is 0 Å². The molecule has 2 aromatic rings. The molecule has 5 rings (SSSR count). The van der Waals surface area contributed by atoms with Crippen molar-refractivity contribution in [2.24, 2.45) is 22.7 Å². The number of carbonyl (C=O) groups excluding carboxylic acids is 3. The molecule has 40 heavy (non-hydrogen) atoms. The van der Waals surface area contributed by atoms with E-state index < -0.39 is 12.2 Å². The number of hydrazone groups is 1. The van der Waals surface area contributed by atoms with Crippen molar-refractivity contribution in [2.75, 3.05) is 27.3 Å². The van der Waals surface area contributed by atoms with Crippen molar-refractivity contribution >= 4 is 23.6 Å². The second kappa shape index (κ2) is 12.0. The molecule has 0 spiro atoms. The van der Waals surface area contributed by atoms with Gasteiger partial charge in [0.1, 0.15) is 0 Å². The van der Waals surface area contributed by atoms with Gasteiger partial charge in [0.25, 0.3) is 5.91 Å². The van der Waals surface area contributed by atoms with E-state index in [1.54, 1.807) is 24.1 Å². The zero-order valence-corrected chi connectivity index (χ0v) is 23.0. The van der Waals surface area contributed by atoms with Crippen LogP contribution in [0, 0.1) is 11.8 Å². The van der Waals surface area contributed by atoms with Crippen molar-refractivity contribution in [3.63, 3.8) is 0 Å². The molecule has 0 aromatic heterocycles. The number of piperidine rings is 1. The predicted octanol–water partition coefficient (Wildman–Crippen LogP) is 3.36. The zero-order chi connectivity index (χ0) is 28.2. The van der Waals surface area contributed by atoms with Crippen LogP contribution in [0.3, 0.4) is 0 Å². The highest BCUT2D eigenvalue weighted by molar-refractivity contribution is 6.07. The molecule has 3 aliphatic rings. The van der Waals surface area contributed by atoms with Gasteiger partial charge in [-0.2, -0.15) is 5.10 Å². The van der Waals surface area contributed by atoms with Crippen LogP contribution in [0.1, 0.15) is 43.2 Å². The number of benzene rings is 2. The SMILES string of the molecule is COc1ccc(C2=NN(C3CCN(C(=O)[C@@H](Cc4ccccc4)OC(N)=O)CC3)C(=O)[C@@H]3CCC[C@H]23)cc1OC. The minimum Gasteiger partial charge on any atom is -0.493 e. The minimum absolute atomic E-state index is 0.0653. The Labute approximate surface area is 234 Å². The van der Waals surface area contributed by atoms with E-state index in [1.165, 1.54) is 0 Å². The zero-order valence-electron chi connectivity index (χ0n) is 23.0. The van der Waals surface area contributed by atoms with Crippen molar-refractivity contribution in [1.29, 1.82) is 0 Å². The first-order valence-electron chi connectivity index (χ1n) is 13.8. The standard InChI is InChI=1S/C30H36N4O6/c1-38-24-12-11-20(18-25(24)39-2)27-22-9-6-10-23(22)28(35)34(32-27)21-13-15-33(16-14-21)29(36)26(40-30(31)37)17-19-7-4-3-5-8-19/h3-5,7-8,11-12,18,21-23,26H,6,9-10,13-17H2,1-2H3,(H2,31,37)/t22-,23+,26+/m0/s1. The molecule has 2 aromatic carbocycles. The average Bonchev–Trinajstić information content (AvgIpc) is 3.48. The third-order valence-corrected chi connectivity index (χ3v) is 8.22. The highest BCUT2D eigenvalue weighted by Gasteiger charge is 2.45. The topological polar surface area (TPSA) is 124 Å². The molecule has 1 saturated carbocycles. The monoisotopic (exact) mass is 548 g/mol. The predicted molar refractivity (Wildman–Crippen MR) is 148 cm³/mol. The van der Waals surface area contributed by atoms with Gasteiger partial charge in [-0.25, -0.2) is 9.80 Å². The second-order valence-corrected chi connectivity index (χ2v) is 10.6. The largest absolute Gasteiger partial charge is 0.493 e. The Morgan fingerprint density at radius 3 is 2.35 bits per heavy atom. The summed E-state index contributed by atoms with van der Waals surface area (Å²) in [5, 5.41) is 6.61. The highest BCUT2D eigenvalue weighted by Crippen LogP contribution is 2.41. The van der Waals surface area contributed by atoms with Crippen molar-refractivity contribution < 1.29 is 28.6 Å². The van der Waals surface area contributed by atoms with Gasteiger partial charge in [-0.1, -0.05) is 36.8 Å². The lowest BCUT2D eigenvalue weighted by molar-refractivity contribution is -0.144. The van der Waals surface area contributed by atoms with Crippen LogP contribution in [-0.4, -0.2) is 73.0 Å². The molecule has 3 amide bonds. The lowest BCUT2D eigenvalue weighted by atomic mass is 9.85. The molecule has 2 N–H and O–H groups in total. The number of carbonyl (C=O) groups is 3. The number of hydrogen-bond donors (Lipinski definition) is 1. The van der Waals surface area contributed by atoms with Gasteiger partial charge in [-0.15, -0.1) is 0 Å². The molecule has 2 aliphatic heterocycles. The molecule has 2 heterocycles. The van der Waals surface area contributed by atoms with Crippen LogP contribution in [0.4, 0.5) is 4.79 Å². The van der Waals surface area contributed by atoms with Gasteiger partial charge in [0.15, 0.2) is 17.6 Å². The van der Waals surface area contributed by atoms with Crippen LogP contribution in [-0.2, 0) is 20.7 Å². The maximum absolute atomic E-state index is 13.6. The normalized spacial score (nSPS) is 21.9. The Morgan fingerprint density at radius 2 is 1.68 bits per heavy atom. The third-order valence-electron chi connectivity index (χ3n) is 8.22. The summed E-state index contributed by atoms with van der Waals surface area (Å²) in [6, 6.07) is 15.0. The van der Waals surface area contributed by atoms with Crippen molar-refractivity contribution in [3.8, 4) is 11.5 Å². The Morgan fingerprint density at radius 1 is 0.975 bits per heavy atom. The van der Waals surface area contributed by atoms with Gasteiger partial charge in [0, 0.05) is 36.9 Å². The Kier molecular flexibility index (Phi) is 8.23. The third kappa shape index (κ3) is 5.61. The number of hydrogen-bond acceptors (Lipinski definition) is 7. The Bertz CT molecular complexity index is 1270. The first-order chi connectivity index (χ1) is 19.4. The average molecular weight is 549 g/mol. The second-order valence-electron chi connectivity index (χ2n) is 10.6. The molecule has 0 bridgehead atoms. The summed E-state index contributed by atoms with van der Waals surface area (Å²) in [5.74, 6) is 1.02. The summed E-state index contributed by atoms with van der Waals surface area (Å²) in [5.41, 5.74) is 7.98. The number of ether oxygens (including phenoxy) is 3. The lowest BCUT2D eigenvalue weighted by Crippen LogP contribution is -2.53. The molecule has 1 aliphatic carbocycles. The molecular formula is C30H36N4O6. The van der Waals surface area contributed by atoms with Gasteiger partial charge in [0.05, 0.1) is 26.0 Å². The van der Waals surface area contributed by atoms with Crippen molar-refractivity contribution in [1.82, 2.24) is 9.91 Å². The number of rotatable bonds is 8. The number of methoxy groups -OCH3 is 2. The molecule has 1 saturated heterocycles. The van der Waals surface area contributed by atoms with Crippen LogP contribution >= 0.6 is 0 Å². The molecule has 10 heteroatoms. The van der Waals surface area contributed by atoms with Gasteiger partial charge in [0.2, 0.25) is 5.91 Å². The minimum atomic E-state index is -0.998. The van der Waals surface area contributed by atoms with E-state index in [2.05, 4.69) is 0 Å². The van der Waals surface area contributed by atoms with Crippen LogP contribution in [0.15, 0.2) is 53.6 Å². The molecule has 212 valence electrons. The van der Waals surface area contributed by atoms with E-state index in [0.717, 1.165) is 36.1 Å². The summed E-state index contributed by atoms with van der Waals surface area (Å²) in [6.07, 6.45) is 2.17. The van der Waals surface area contributed by atoms with Gasteiger partial charge >= 0.3 is 6.09 Å². The Balaban J connectivity index is 1.32. The fourth-order valence-electron chi connectivity index (χ4n) is 6.20. The van der Waals surface area contributed by atoms with E-state index in [1.807, 2.05) is 48.5 Å². The summed E-state index contributed by atoms with van der Waals surface area (Å²) in [7, 11) is 3.20. The number of fused-ring (bicyclic) bond motifs is 1. The van der Waals surface area contributed by atoms with E-state index in [4.69, 9.17) is 25.0 Å². The molecule has 0 unspecified atom stereocenters. The van der Waals surface area contributed by atoms with Crippen LogP contribution in [0.2, 0.25) is 0 Å². The fraction of sp³-hybridized carbons (Fsp3) is 0.467. The molecule has 10 nitrogen and oxygen atoms in total. The van der Waals surface area contributed by atoms with Crippen LogP contribution in [0.5, 0.6) is 11.5 Å². The molecular weight excluding hydrogens is 512 g/mol. The quantitative estimate of drug-likeness (QED) is 0.540. The maximum Gasteiger partial charge on any atom is 0.405 e. The summed E-state index contributed by atoms with van der Waals surface area (Å²) >= 11 is 0. The first kappa shape index (κ1) is 27.5. The summed E-state index contributed by atoms with van der Waals surface area (Å²) in [4.78, 5) is 40.2. The van der Waals surface area contributed by atoms with Crippen LogP contribution in [0.25, 0.3) is 0 Å². The smallest absolute Gasteiger partial charge is 0.405 e. The van der Waals surface area contributed by atoms with E-state index in [9.17, 15) is 14.4 Å². The highest BCUT2D eigenvalue weighted by atomic mass is 16.6. The van der Waals surface area contributed by atoms with E-state index in [0.29, 0.717) is 37.4 Å². The summed E-state index contributed by atoms with van der Waals surface area (Å²) < 4.78 is 16.1. The molecule has 0 radical (unpaired) electrons. The number of nitrogens with zero attached hydrogens (tertiary/aromatic N) is 3. The van der Waals surface area contributed by atoms with Gasteiger partial charge < -0.3 is 24.8 Å². The summed E-state index contributed by atoms with van der Waals surface area (Å²) in [6.45, 7) is 0.853. The van der Waals surface area contributed by atoms with E-state index in [-0.39, 0.29) is 36.1 Å². The maximum atomic E-state index is 13.6. The van der Waals surface area contributed by atoms with Gasteiger partial charge in [-0.3, -0.25) is 9.59 Å². The van der Waals surface area contributed by atoms with Crippen molar-refractivity contribution in [2.45, 2.75) is 50.7 Å². The molecule has 3 atom stereocenters. The number of primary amides is 1.